The third-order valence-corrected chi connectivity index (χ3v) is 7.02. The molecular weight excluding hydrogens is 438 g/mol. The number of ketones is 1. The topological polar surface area (TPSA) is 78.5 Å². The Hall–Kier alpha value is -2.51. The number of benzene rings is 1. The van der Waals surface area contributed by atoms with Crippen molar-refractivity contribution < 1.29 is 22.4 Å². The molecule has 0 saturated heterocycles. The molecule has 0 spiro atoms. The summed E-state index contributed by atoms with van der Waals surface area (Å²) in [4.78, 5) is 13.0. The fraction of sp³-hybridized carbons (Fsp3) is 0.348. The molecule has 0 saturated carbocycles. The summed E-state index contributed by atoms with van der Waals surface area (Å²) in [5.41, 5.74) is 1.08. The zero-order valence-electron chi connectivity index (χ0n) is 18.2. The maximum atomic E-state index is 13.2. The van der Waals surface area contributed by atoms with Gasteiger partial charge in [0, 0.05) is 18.2 Å². The van der Waals surface area contributed by atoms with Crippen molar-refractivity contribution in [2.24, 2.45) is 11.8 Å². The zero-order valence-corrected chi connectivity index (χ0v) is 19.8. The molecule has 0 radical (unpaired) electrons. The van der Waals surface area contributed by atoms with Crippen molar-refractivity contribution in [3.63, 3.8) is 0 Å². The van der Waals surface area contributed by atoms with E-state index < -0.39 is 10.0 Å². The fourth-order valence-corrected chi connectivity index (χ4v) is 5.14. The highest BCUT2D eigenvalue weighted by Gasteiger charge is 2.29. The molecule has 6 nitrogen and oxygen atoms in total. The van der Waals surface area contributed by atoms with Gasteiger partial charge in [-0.05, 0) is 37.5 Å². The number of aryl methyl sites for hydroxylation is 1. The van der Waals surface area contributed by atoms with Crippen molar-refractivity contribution in [3.8, 4) is 17.2 Å². The van der Waals surface area contributed by atoms with E-state index >= 15 is 0 Å². The van der Waals surface area contributed by atoms with E-state index in [4.69, 9.17) is 20.8 Å². The molecule has 31 heavy (non-hydrogen) atoms. The van der Waals surface area contributed by atoms with E-state index in [2.05, 4.69) is 0 Å². The molecule has 0 amide bonds. The van der Waals surface area contributed by atoms with Gasteiger partial charge in [0.15, 0.2) is 11.5 Å². The first kappa shape index (κ1) is 23.2. The Kier molecular flexibility index (Phi) is 6.67. The SMILES string of the molecule is COc1cc(-c2c(Cl)ccn2S(=O)(=O)c2ccc(C)cc2)oc1C(=O)C(C)CC(C)C. The van der Waals surface area contributed by atoms with Gasteiger partial charge in [0.1, 0.15) is 5.69 Å². The number of halogens is 1. The normalized spacial score (nSPS) is 12.9. The van der Waals surface area contributed by atoms with Gasteiger partial charge in [-0.1, -0.05) is 50.1 Å². The van der Waals surface area contributed by atoms with Crippen molar-refractivity contribution in [2.75, 3.05) is 7.11 Å². The van der Waals surface area contributed by atoms with E-state index in [0.717, 1.165) is 9.54 Å². The van der Waals surface area contributed by atoms with E-state index in [1.807, 2.05) is 27.7 Å². The minimum atomic E-state index is -3.93. The number of nitrogens with zero attached hydrogens (tertiary/aromatic N) is 1. The molecule has 0 aliphatic carbocycles. The highest BCUT2D eigenvalue weighted by atomic mass is 35.5. The average Bonchev–Trinajstić information content (AvgIpc) is 3.30. The number of carbonyl (C=O) groups is 1. The maximum absolute atomic E-state index is 13.2. The molecule has 0 bridgehead atoms. The summed E-state index contributed by atoms with van der Waals surface area (Å²) in [6, 6.07) is 9.49. The van der Waals surface area contributed by atoms with Crippen LogP contribution in [0.2, 0.25) is 5.02 Å². The second kappa shape index (κ2) is 8.93. The van der Waals surface area contributed by atoms with E-state index in [1.54, 1.807) is 12.1 Å². The van der Waals surface area contributed by atoms with Crippen LogP contribution in [0.15, 0.2) is 51.9 Å². The predicted molar refractivity (Wildman–Crippen MR) is 120 cm³/mol. The van der Waals surface area contributed by atoms with Crippen molar-refractivity contribution in [1.29, 1.82) is 0 Å². The maximum Gasteiger partial charge on any atom is 0.268 e. The largest absolute Gasteiger partial charge is 0.493 e. The van der Waals surface area contributed by atoms with Crippen LogP contribution >= 0.6 is 11.6 Å². The van der Waals surface area contributed by atoms with Crippen LogP contribution in [0, 0.1) is 18.8 Å². The van der Waals surface area contributed by atoms with Gasteiger partial charge in [-0.2, -0.15) is 0 Å². The third kappa shape index (κ3) is 4.57. The van der Waals surface area contributed by atoms with Crippen LogP contribution in [0.5, 0.6) is 5.75 Å². The molecule has 0 aliphatic rings. The molecule has 3 aromatic rings. The highest BCUT2D eigenvalue weighted by molar-refractivity contribution is 7.90. The minimum absolute atomic E-state index is 0.0576. The Bertz CT molecular complexity index is 1190. The van der Waals surface area contributed by atoms with Crippen LogP contribution in [-0.2, 0) is 10.0 Å². The number of carbonyl (C=O) groups excluding carboxylic acids is 1. The Morgan fingerprint density at radius 1 is 1.16 bits per heavy atom. The Morgan fingerprint density at radius 2 is 1.81 bits per heavy atom. The smallest absolute Gasteiger partial charge is 0.268 e. The second-order valence-corrected chi connectivity index (χ2v) is 10.3. The van der Waals surface area contributed by atoms with Crippen LogP contribution in [0.3, 0.4) is 0 Å². The minimum Gasteiger partial charge on any atom is -0.493 e. The van der Waals surface area contributed by atoms with Crippen LogP contribution in [0.25, 0.3) is 11.5 Å². The van der Waals surface area contributed by atoms with Crippen molar-refractivity contribution >= 4 is 27.4 Å². The third-order valence-electron chi connectivity index (χ3n) is 5.03. The molecule has 1 atom stereocenters. The summed E-state index contributed by atoms with van der Waals surface area (Å²) in [5.74, 6) is 0.307. The van der Waals surface area contributed by atoms with Crippen molar-refractivity contribution in [1.82, 2.24) is 3.97 Å². The van der Waals surface area contributed by atoms with Crippen molar-refractivity contribution in [3.05, 3.63) is 58.9 Å². The Balaban J connectivity index is 2.09. The van der Waals surface area contributed by atoms with Gasteiger partial charge in [-0.15, -0.1) is 0 Å². The molecule has 2 heterocycles. The van der Waals surface area contributed by atoms with Crippen LogP contribution in [-0.4, -0.2) is 25.3 Å². The van der Waals surface area contributed by atoms with Crippen LogP contribution in [0.1, 0.15) is 43.3 Å². The predicted octanol–water partition coefficient (Wildman–Crippen LogP) is 5.82. The summed E-state index contributed by atoms with van der Waals surface area (Å²) in [5, 5.41) is 0.182. The van der Waals surface area contributed by atoms with Gasteiger partial charge in [0.05, 0.1) is 17.0 Å². The molecule has 1 aromatic carbocycles. The molecular formula is C23H26ClNO5S. The first-order chi connectivity index (χ1) is 14.6. The summed E-state index contributed by atoms with van der Waals surface area (Å²) < 4.78 is 38.7. The lowest BCUT2D eigenvalue weighted by atomic mass is 9.94. The summed E-state index contributed by atoms with van der Waals surface area (Å²) in [7, 11) is -2.50. The van der Waals surface area contributed by atoms with Gasteiger partial charge in [-0.3, -0.25) is 4.79 Å². The van der Waals surface area contributed by atoms with Crippen LogP contribution in [0.4, 0.5) is 0 Å². The number of hydrogen-bond acceptors (Lipinski definition) is 5. The Morgan fingerprint density at radius 3 is 2.39 bits per heavy atom. The van der Waals surface area contributed by atoms with Crippen LogP contribution < -0.4 is 4.74 Å². The Labute approximate surface area is 187 Å². The van der Waals surface area contributed by atoms with E-state index in [0.29, 0.717) is 12.3 Å². The molecule has 8 heteroatoms. The van der Waals surface area contributed by atoms with E-state index in [9.17, 15) is 13.2 Å². The summed E-state index contributed by atoms with van der Waals surface area (Å²) >= 11 is 6.34. The van der Waals surface area contributed by atoms with Gasteiger partial charge >= 0.3 is 0 Å². The average molecular weight is 464 g/mol. The fourth-order valence-electron chi connectivity index (χ4n) is 3.49. The quantitative estimate of drug-likeness (QED) is 0.393. The van der Waals surface area contributed by atoms with E-state index in [1.165, 1.54) is 37.6 Å². The van der Waals surface area contributed by atoms with E-state index in [-0.39, 0.29) is 44.6 Å². The standard InChI is InChI=1S/C23H26ClNO5S/c1-14(2)12-16(4)22(26)23-20(29-5)13-19(30-23)21-18(24)10-11-25(21)31(27,28)17-8-6-15(3)7-9-17/h6-11,13-14,16H,12H2,1-5H3. The summed E-state index contributed by atoms with van der Waals surface area (Å²) in [6.45, 7) is 7.79. The second-order valence-electron chi connectivity index (χ2n) is 8.03. The number of hydrogen-bond donors (Lipinski definition) is 0. The molecule has 0 aliphatic heterocycles. The van der Waals surface area contributed by atoms with Gasteiger partial charge in [0.25, 0.3) is 10.0 Å². The zero-order chi connectivity index (χ0) is 22.9. The molecule has 3 rings (SSSR count). The summed E-state index contributed by atoms with van der Waals surface area (Å²) in [6.07, 6.45) is 2.06. The number of ether oxygens (including phenoxy) is 1. The molecule has 0 N–H and O–H groups in total. The van der Waals surface area contributed by atoms with Crippen molar-refractivity contribution in [2.45, 2.75) is 39.0 Å². The molecule has 166 valence electrons. The van der Waals surface area contributed by atoms with Gasteiger partial charge in [-0.25, -0.2) is 12.4 Å². The number of furan rings is 1. The first-order valence-electron chi connectivity index (χ1n) is 9.97. The lowest BCUT2D eigenvalue weighted by Gasteiger charge is -2.12. The molecule has 1 unspecified atom stereocenters. The number of Topliss-reactive ketones (excluding diaryl/α,β-unsaturated/α-hetero) is 1. The number of rotatable bonds is 8. The molecule has 2 aromatic heterocycles. The lowest BCUT2D eigenvalue weighted by Crippen LogP contribution is -2.14. The van der Waals surface area contributed by atoms with Gasteiger partial charge < -0.3 is 9.15 Å². The first-order valence-corrected chi connectivity index (χ1v) is 11.8. The lowest BCUT2D eigenvalue weighted by molar-refractivity contribution is 0.0883. The molecule has 0 fully saturated rings. The number of methoxy groups -OCH3 is 1. The number of aromatic nitrogens is 1. The monoisotopic (exact) mass is 463 g/mol. The van der Waals surface area contributed by atoms with Gasteiger partial charge in [0.2, 0.25) is 11.5 Å². The highest BCUT2D eigenvalue weighted by Crippen LogP contribution is 2.38.